The Hall–Kier alpha value is -1.02. The van der Waals surface area contributed by atoms with Crippen molar-refractivity contribution >= 4 is 13.8 Å². The third-order valence-electron chi connectivity index (χ3n) is 10.7. The van der Waals surface area contributed by atoms with Gasteiger partial charge in [-0.25, -0.2) is 0 Å². The van der Waals surface area contributed by atoms with Crippen LogP contribution in [-0.4, -0.2) is 70.7 Å². The van der Waals surface area contributed by atoms with E-state index in [4.69, 9.17) is 18.5 Å². The molecule has 0 aliphatic heterocycles. The molecule has 0 fully saturated rings. The van der Waals surface area contributed by atoms with Gasteiger partial charge >= 0.3 is 5.97 Å². The minimum atomic E-state index is -4.53. The maximum Gasteiger partial charge on any atom is 0.306 e. The van der Waals surface area contributed by atoms with E-state index in [1.165, 1.54) is 173 Å². The Morgan fingerprint density at radius 2 is 0.897 bits per heavy atom. The van der Waals surface area contributed by atoms with Crippen molar-refractivity contribution in [2.24, 2.45) is 0 Å². The molecule has 0 aromatic rings. The molecule has 2 unspecified atom stereocenters. The van der Waals surface area contributed by atoms with Crippen molar-refractivity contribution in [3.05, 3.63) is 24.3 Å². The van der Waals surface area contributed by atoms with E-state index >= 15 is 0 Å². The van der Waals surface area contributed by atoms with Crippen LogP contribution >= 0.6 is 7.82 Å². The first-order chi connectivity index (χ1) is 28.1. The molecule has 0 amide bonds. The van der Waals surface area contributed by atoms with Crippen LogP contribution in [0.2, 0.25) is 0 Å². The van der Waals surface area contributed by atoms with Gasteiger partial charge in [-0.05, 0) is 64.2 Å². The number of phosphoric ester groups is 1. The zero-order valence-corrected chi connectivity index (χ0v) is 39.9. The van der Waals surface area contributed by atoms with Crippen LogP contribution in [0.3, 0.4) is 0 Å². The molecule has 0 bridgehead atoms. The fraction of sp³-hybridized carbons (Fsp3) is 0.898. The predicted molar refractivity (Wildman–Crippen MR) is 245 cm³/mol. The number of hydrogen-bond donors (Lipinski definition) is 0. The Kier molecular flexibility index (Phi) is 41.9. The van der Waals surface area contributed by atoms with Gasteiger partial charge in [0.25, 0.3) is 7.82 Å². The molecule has 0 spiro atoms. The van der Waals surface area contributed by atoms with E-state index in [2.05, 4.69) is 38.2 Å². The van der Waals surface area contributed by atoms with Crippen molar-refractivity contribution in [2.75, 3.05) is 54.1 Å². The van der Waals surface area contributed by atoms with Crippen molar-refractivity contribution in [3.8, 4) is 0 Å². The van der Waals surface area contributed by atoms with Crippen LogP contribution in [0, 0.1) is 0 Å². The fourth-order valence-corrected chi connectivity index (χ4v) is 7.62. The normalized spacial score (nSPS) is 13.8. The number of quaternary nitrogens is 1. The van der Waals surface area contributed by atoms with Crippen molar-refractivity contribution in [1.29, 1.82) is 0 Å². The lowest BCUT2D eigenvalue weighted by molar-refractivity contribution is -0.870. The highest BCUT2D eigenvalue weighted by molar-refractivity contribution is 7.45. The Labute approximate surface area is 360 Å². The first kappa shape index (κ1) is 57.0. The van der Waals surface area contributed by atoms with E-state index in [9.17, 15) is 14.3 Å². The number of nitrogens with zero attached hydrogens (tertiary/aromatic N) is 1. The molecule has 0 aromatic heterocycles. The third-order valence-corrected chi connectivity index (χ3v) is 11.7. The average molecular weight is 842 g/mol. The van der Waals surface area contributed by atoms with Crippen molar-refractivity contribution in [1.82, 2.24) is 0 Å². The first-order valence-corrected chi connectivity index (χ1v) is 26.0. The smallest absolute Gasteiger partial charge is 0.306 e. The molecule has 344 valence electrons. The number of likely N-dealkylation sites (N-methyl/N-ethyl adjacent to an activating group) is 1. The third kappa shape index (κ3) is 46.1. The Morgan fingerprint density at radius 3 is 1.31 bits per heavy atom. The number of hydrogen-bond acceptors (Lipinski definition) is 7. The van der Waals surface area contributed by atoms with Crippen LogP contribution in [0.1, 0.15) is 226 Å². The van der Waals surface area contributed by atoms with Crippen LogP contribution in [0.15, 0.2) is 24.3 Å². The summed E-state index contributed by atoms with van der Waals surface area (Å²) in [6.07, 6.45) is 49.0. The van der Waals surface area contributed by atoms with E-state index in [1.807, 2.05) is 21.1 Å². The van der Waals surface area contributed by atoms with Crippen molar-refractivity contribution < 1.29 is 37.3 Å². The summed E-state index contributed by atoms with van der Waals surface area (Å²) in [6, 6.07) is 0. The number of carbonyl (C=O) groups is 1. The van der Waals surface area contributed by atoms with Gasteiger partial charge in [-0.3, -0.25) is 9.36 Å². The molecule has 0 N–H and O–H groups in total. The second-order valence-electron chi connectivity index (χ2n) is 17.8. The van der Waals surface area contributed by atoms with Crippen LogP contribution in [0.4, 0.5) is 0 Å². The maximum absolute atomic E-state index is 12.7. The summed E-state index contributed by atoms with van der Waals surface area (Å²) < 4.78 is 34.7. The molecule has 0 aliphatic carbocycles. The van der Waals surface area contributed by atoms with Crippen LogP contribution in [0.5, 0.6) is 0 Å². The summed E-state index contributed by atoms with van der Waals surface area (Å²) in [5.41, 5.74) is 0. The van der Waals surface area contributed by atoms with Crippen LogP contribution in [0.25, 0.3) is 0 Å². The predicted octanol–water partition coefficient (Wildman–Crippen LogP) is 14.1. The number of rotatable bonds is 46. The van der Waals surface area contributed by atoms with Gasteiger partial charge in [0.15, 0.2) is 0 Å². The first-order valence-electron chi connectivity index (χ1n) is 24.6. The summed E-state index contributed by atoms with van der Waals surface area (Å²) in [6.45, 7) is 5.43. The second kappa shape index (κ2) is 42.7. The molecular weight excluding hydrogens is 746 g/mol. The molecule has 0 aromatic carbocycles. The fourth-order valence-electron chi connectivity index (χ4n) is 6.89. The van der Waals surface area contributed by atoms with Gasteiger partial charge in [-0.15, -0.1) is 0 Å². The Bertz CT molecular complexity index is 983. The molecule has 2 atom stereocenters. The number of carbonyl (C=O) groups excluding carboxylic acids is 1. The summed E-state index contributed by atoms with van der Waals surface area (Å²) in [4.78, 5) is 25.1. The van der Waals surface area contributed by atoms with Gasteiger partial charge in [0.1, 0.15) is 19.3 Å². The van der Waals surface area contributed by atoms with Crippen LogP contribution in [-0.2, 0) is 27.9 Å². The van der Waals surface area contributed by atoms with E-state index in [-0.39, 0.29) is 25.8 Å². The van der Waals surface area contributed by atoms with E-state index in [0.717, 1.165) is 32.1 Å². The number of unbranched alkanes of at least 4 members (excludes halogenated alkanes) is 28. The second-order valence-corrected chi connectivity index (χ2v) is 19.2. The molecular formula is C49H96NO7P. The van der Waals surface area contributed by atoms with Gasteiger partial charge in [0.2, 0.25) is 0 Å². The van der Waals surface area contributed by atoms with Crippen LogP contribution < -0.4 is 4.89 Å². The van der Waals surface area contributed by atoms with E-state index in [1.54, 1.807) is 0 Å². The summed E-state index contributed by atoms with van der Waals surface area (Å²) in [5.74, 6) is -0.337. The maximum atomic E-state index is 12.7. The summed E-state index contributed by atoms with van der Waals surface area (Å²) in [5, 5.41) is 0. The number of allylic oxidation sites excluding steroid dienone is 4. The largest absolute Gasteiger partial charge is 0.756 e. The lowest BCUT2D eigenvalue weighted by Crippen LogP contribution is -2.37. The van der Waals surface area contributed by atoms with Crippen molar-refractivity contribution in [3.63, 3.8) is 0 Å². The zero-order valence-electron chi connectivity index (χ0n) is 39.0. The zero-order chi connectivity index (χ0) is 42.7. The molecule has 0 saturated carbocycles. The monoisotopic (exact) mass is 842 g/mol. The molecule has 0 saturated heterocycles. The SMILES string of the molecule is CCCCCCCC/C=C\CCCCCCCCCCOCC(COP(=O)([O-])OCC[N+](C)(C)C)OC(=O)CCCCCCCCC/C=C\CCCCCCCCC. The van der Waals surface area contributed by atoms with E-state index in [0.29, 0.717) is 24.1 Å². The minimum absolute atomic E-state index is 0.0261. The lowest BCUT2D eigenvalue weighted by atomic mass is 10.1. The minimum Gasteiger partial charge on any atom is -0.756 e. The highest BCUT2D eigenvalue weighted by Crippen LogP contribution is 2.38. The molecule has 0 rings (SSSR count). The molecule has 8 nitrogen and oxygen atoms in total. The molecule has 58 heavy (non-hydrogen) atoms. The summed E-state index contributed by atoms with van der Waals surface area (Å²) in [7, 11) is 1.36. The van der Waals surface area contributed by atoms with Gasteiger partial charge in [-0.2, -0.15) is 0 Å². The Morgan fingerprint density at radius 1 is 0.517 bits per heavy atom. The number of ether oxygens (including phenoxy) is 2. The van der Waals surface area contributed by atoms with Gasteiger partial charge in [-0.1, -0.05) is 179 Å². The van der Waals surface area contributed by atoms with Gasteiger partial charge in [0.05, 0.1) is 34.4 Å². The topological polar surface area (TPSA) is 94.1 Å². The molecule has 0 heterocycles. The Balaban J connectivity index is 4.17. The van der Waals surface area contributed by atoms with Crippen molar-refractivity contribution in [2.45, 2.75) is 232 Å². The molecule has 0 aliphatic rings. The lowest BCUT2D eigenvalue weighted by Gasteiger charge is -2.28. The quantitative estimate of drug-likeness (QED) is 0.0198. The van der Waals surface area contributed by atoms with E-state index < -0.39 is 13.9 Å². The van der Waals surface area contributed by atoms with Gasteiger partial charge in [0, 0.05) is 13.0 Å². The summed E-state index contributed by atoms with van der Waals surface area (Å²) >= 11 is 0. The highest BCUT2D eigenvalue weighted by atomic mass is 31.2. The standard InChI is InChI=1S/C49H96NO7P/c1-6-8-10-12-14-16-18-20-22-24-26-28-30-32-34-36-38-40-42-49(51)57-48(47-56-58(52,53)55-45-43-50(3,4)5)46-54-44-41-39-37-35-33-31-29-27-25-23-21-19-17-15-13-11-9-7-2/h21-24,48H,6-20,25-47H2,1-5H3/b23-21-,24-22-. The average Bonchev–Trinajstić information content (AvgIpc) is 3.18. The molecule has 9 heteroatoms. The van der Waals surface area contributed by atoms with Gasteiger partial charge < -0.3 is 27.9 Å². The number of esters is 1. The number of phosphoric acid groups is 1. The molecule has 0 radical (unpaired) electrons. The highest BCUT2D eigenvalue weighted by Gasteiger charge is 2.20.